The van der Waals surface area contributed by atoms with Crippen LogP contribution in [0, 0.1) is 5.82 Å². The van der Waals surface area contributed by atoms with Crippen molar-refractivity contribution < 1.29 is 14.2 Å². The average molecular weight is 210 g/mol. The molecule has 1 aromatic rings. The van der Waals surface area contributed by atoms with Crippen LogP contribution in [0.3, 0.4) is 0 Å². The van der Waals surface area contributed by atoms with Gasteiger partial charge < -0.3 is 9.84 Å². The minimum Gasteiger partial charge on any atom is -0.494 e. The summed E-state index contributed by atoms with van der Waals surface area (Å²) < 4.78 is 17.9. The standard InChI is InChI=1S/C12H15FO2/c1-3-4-5-11(14)9-6-7-10(13)12(8-9)15-2/h3,6-8,11,14H,1,4-5H2,2H3. The third-order valence-corrected chi connectivity index (χ3v) is 2.20. The second kappa shape index (κ2) is 5.51. The molecule has 0 aliphatic rings. The maximum absolute atomic E-state index is 13.1. The Kier molecular flexibility index (Phi) is 4.31. The van der Waals surface area contributed by atoms with Crippen molar-refractivity contribution >= 4 is 0 Å². The minimum atomic E-state index is -0.600. The topological polar surface area (TPSA) is 29.5 Å². The number of allylic oxidation sites excluding steroid dienone is 1. The zero-order valence-corrected chi connectivity index (χ0v) is 8.74. The lowest BCUT2D eigenvalue weighted by molar-refractivity contribution is 0.168. The molecule has 0 saturated carbocycles. The molecule has 1 rings (SSSR count). The van der Waals surface area contributed by atoms with E-state index in [-0.39, 0.29) is 5.75 Å². The molecule has 0 radical (unpaired) electrons. The van der Waals surface area contributed by atoms with Gasteiger partial charge in [0, 0.05) is 0 Å². The number of rotatable bonds is 5. The highest BCUT2D eigenvalue weighted by Gasteiger charge is 2.10. The number of ether oxygens (including phenoxy) is 1. The van der Waals surface area contributed by atoms with Gasteiger partial charge in [-0.25, -0.2) is 4.39 Å². The highest BCUT2D eigenvalue weighted by atomic mass is 19.1. The van der Waals surface area contributed by atoms with Crippen LogP contribution >= 0.6 is 0 Å². The monoisotopic (exact) mass is 210 g/mol. The van der Waals surface area contributed by atoms with Gasteiger partial charge in [-0.05, 0) is 30.5 Å². The smallest absolute Gasteiger partial charge is 0.165 e. The van der Waals surface area contributed by atoms with Gasteiger partial charge in [0.1, 0.15) is 0 Å². The molecule has 0 aromatic heterocycles. The molecule has 15 heavy (non-hydrogen) atoms. The first kappa shape index (κ1) is 11.7. The van der Waals surface area contributed by atoms with Crippen molar-refractivity contribution in [2.24, 2.45) is 0 Å². The summed E-state index contributed by atoms with van der Waals surface area (Å²) in [6.45, 7) is 3.58. The van der Waals surface area contributed by atoms with Gasteiger partial charge in [0.2, 0.25) is 0 Å². The van der Waals surface area contributed by atoms with Gasteiger partial charge in [-0.2, -0.15) is 0 Å². The molecule has 82 valence electrons. The summed E-state index contributed by atoms with van der Waals surface area (Å²) in [7, 11) is 1.40. The van der Waals surface area contributed by atoms with Crippen molar-refractivity contribution in [1.82, 2.24) is 0 Å². The largest absolute Gasteiger partial charge is 0.494 e. The van der Waals surface area contributed by atoms with Crippen LogP contribution in [0.5, 0.6) is 5.75 Å². The molecule has 1 atom stereocenters. The molecule has 1 N–H and O–H groups in total. The lowest BCUT2D eigenvalue weighted by Crippen LogP contribution is -1.98. The summed E-state index contributed by atoms with van der Waals surface area (Å²) in [5.74, 6) is -0.262. The van der Waals surface area contributed by atoms with E-state index < -0.39 is 11.9 Å². The van der Waals surface area contributed by atoms with Crippen LogP contribution in [0.15, 0.2) is 30.9 Å². The third kappa shape index (κ3) is 3.06. The zero-order valence-electron chi connectivity index (χ0n) is 8.74. The Bertz CT molecular complexity index is 336. The number of hydrogen-bond donors (Lipinski definition) is 1. The third-order valence-electron chi connectivity index (χ3n) is 2.20. The Balaban J connectivity index is 2.80. The predicted molar refractivity (Wildman–Crippen MR) is 57.3 cm³/mol. The molecule has 0 aliphatic heterocycles. The van der Waals surface area contributed by atoms with Gasteiger partial charge in [-0.15, -0.1) is 6.58 Å². The van der Waals surface area contributed by atoms with Crippen LogP contribution in [0.1, 0.15) is 24.5 Å². The molecule has 0 aliphatic carbocycles. The molecule has 1 aromatic carbocycles. The number of methoxy groups -OCH3 is 1. The molecule has 0 fully saturated rings. The predicted octanol–water partition coefficient (Wildman–Crippen LogP) is 2.83. The van der Waals surface area contributed by atoms with Crippen molar-refractivity contribution in [2.45, 2.75) is 18.9 Å². The van der Waals surface area contributed by atoms with Gasteiger partial charge in [-0.3, -0.25) is 0 Å². The second-order valence-electron chi connectivity index (χ2n) is 3.28. The van der Waals surface area contributed by atoms with E-state index >= 15 is 0 Å². The zero-order chi connectivity index (χ0) is 11.3. The quantitative estimate of drug-likeness (QED) is 0.757. The average Bonchev–Trinajstić information content (AvgIpc) is 2.26. The molecule has 0 bridgehead atoms. The van der Waals surface area contributed by atoms with Crippen LogP contribution in [-0.2, 0) is 0 Å². The molecule has 0 spiro atoms. The van der Waals surface area contributed by atoms with Crippen LogP contribution in [0.4, 0.5) is 4.39 Å². The highest BCUT2D eigenvalue weighted by molar-refractivity contribution is 5.31. The summed E-state index contributed by atoms with van der Waals surface area (Å²) in [4.78, 5) is 0. The van der Waals surface area contributed by atoms with E-state index in [1.165, 1.54) is 19.2 Å². The minimum absolute atomic E-state index is 0.158. The SMILES string of the molecule is C=CCCC(O)c1ccc(F)c(OC)c1. The van der Waals surface area contributed by atoms with Gasteiger partial charge in [0.15, 0.2) is 11.6 Å². The number of aliphatic hydroxyl groups is 1. The maximum Gasteiger partial charge on any atom is 0.165 e. The molecule has 3 heteroatoms. The lowest BCUT2D eigenvalue weighted by Gasteiger charge is -2.11. The van der Waals surface area contributed by atoms with E-state index in [2.05, 4.69) is 6.58 Å². The molecule has 1 unspecified atom stereocenters. The van der Waals surface area contributed by atoms with E-state index in [0.29, 0.717) is 12.0 Å². The Morgan fingerprint density at radius 2 is 2.33 bits per heavy atom. The summed E-state index contributed by atoms with van der Waals surface area (Å²) in [5, 5.41) is 9.74. The van der Waals surface area contributed by atoms with Crippen molar-refractivity contribution in [3.63, 3.8) is 0 Å². The lowest BCUT2D eigenvalue weighted by atomic mass is 10.0. The first-order chi connectivity index (χ1) is 7.19. The molecular weight excluding hydrogens is 195 g/mol. The van der Waals surface area contributed by atoms with Crippen LogP contribution in [0.25, 0.3) is 0 Å². The molecule has 0 saturated heterocycles. The maximum atomic E-state index is 13.1. The molecule has 0 heterocycles. The summed E-state index contributed by atoms with van der Waals surface area (Å²) >= 11 is 0. The number of benzene rings is 1. The summed E-state index contributed by atoms with van der Waals surface area (Å²) in [6.07, 6.45) is 2.45. The van der Waals surface area contributed by atoms with Crippen LogP contribution in [-0.4, -0.2) is 12.2 Å². The first-order valence-electron chi connectivity index (χ1n) is 4.81. The van der Waals surface area contributed by atoms with Crippen LogP contribution in [0.2, 0.25) is 0 Å². The molecule has 2 nitrogen and oxygen atoms in total. The number of aliphatic hydroxyl groups excluding tert-OH is 1. The van der Waals surface area contributed by atoms with E-state index in [1.54, 1.807) is 12.1 Å². The number of halogens is 1. The summed E-state index contributed by atoms with van der Waals surface area (Å²) in [6, 6.07) is 4.37. The van der Waals surface area contributed by atoms with Gasteiger partial charge in [0.25, 0.3) is 0 Å². The summed E-state index contributed by atoms with van der Waals surface area (Å²) in [5.41, 5.74) is 0.662. The fraction of sp³-hybridized carbons (Fsp3) is 0.333. The van der Waals surface area contributed by atoms with Crippen LogP contribution < -0.4 is 4.74 Å². The van der Waals surface area contributed by atoms with E-state index in [1.807, 2.05) is 0 Å². The Morgan fingerprint density at radius 1 is 1.60 bits per heavy atom. The fourth-order valence-corrected chi connectivity index (χ4v) is 1.33. The Hall–Kier alpha value is -1.35. The second-order valence-corrected chi connectivity index (χ2v) is 3.28. The normalized spacial score (nSPS) is 12.2. The van der Waals surface area contributed by atoms with Gasteiger partial charge in [0.05, 0.1) is 13.2 Å². The molecular formula is C12H15FO2. The fourth-order valence-electron chi connectivity index (χ4n) is 1.33. The number of hydrogen-bond acceptors (Lipinski definition) is 2. The van der Waals surface area contributed by atoms with E-state index in [0.717, 1.165) is 6.42 Å². The van der Waals surface area contributed by atoms with E-state index in [9.17, 15) is 9.50 Å². The Morgan fingerprint density at radius 3 is 2.93 bits per heavy atom. The highest BCUT2D eigenvalue weighted by Crippen LogP contribution is 2.24. The van der Waals surface area contributed by atoms with Gasteiger partial charge in [-0.1, -0.05) is 12.1 Å². The van der Waals surface area contributed by atoms with Crippen molar-refractivity contribution in [2.75, 3.05) is 7.11 Å². The van der Waals surface area contributed by atoms with Crippen molar-refractivity contribution in [3.8, 4) is 5.75 Å². The molecule has 0 amide bonds. The Labute approximate surface area is 89.0 Å². The van der Waals surface area contributed by atoms with Crippen molar-refractivity contribution in [1.29, 1.82) is 0 Å². The van der Waals surface area contributed by atoms with Crippen molar-refractivity contribution in [3.05, 3.63) is 42.2 Å². The van der Waals surface area contributed by atoms with E-state index in [4.69, 9.17) is 4.74 Å². The first-order valence-corrected chi connectivity index (χ1v) is 4.81. The van der Waals surface area contributed by atoms with Gasteiger partial charge >= 0.3 is 0 Å².